The Balaban J connectivity index is 0. The molecule has 0 heterocycles. The number of aldehydes is 1. The molecule has 1 aromatic rings. The van der Waals surface area contributed by atoms with Gasteiger partial charge < -0.3 is 9.69 Å². The van der Waals surface area contributed by atoms with Crippen LogP contribution in [0.3, 0.4) is 0 Å². The summed E-state index contributed by atoms with van der Waals surface area (Å²) in [5.74, 6) is -0.577. The maximum Gasteiger partial charge on any atom is 0.230 e. The van der Waals surface area contributed by atoms with E-state index in [4.69, 9.17) is 0 Å². The number of para-hydroxylation sites is 1. The Hall–Kier alpha value is -1.64. The van der Waals surface area contributed by atoms with E-state index in [9.17, 15) is 9.59 Å². The van der Waals surface area contributed by atoms with Gasteiger partial charge in [0.15, 0.2) is 0 Å². The molecule has 2 atom stereocenters. The van der Waals surface area contributed by atoms with Gasteiger partial charge in [0.25, 0.3) is 0 Å². The third-order valence-corrected chi connectivity index (χ3v) is 2.87. The SMILES string of the molecule is CC.CC.CC(C=O)C(C)C(=O)N(C)c1ccccc1. The Kier molecular flexibility index (Phi) is 12.8. The van der Waals surface area contributed by atoms with Crippen LogP contribution in [-0.4, -0.2) is 19.2 Å². The third-order valence-electron chi connectivity index (χ3n) is 2.87. The number of hydrogen-bond acceptors (Lipinski definition) is 2. The van der Waals surface area contributed by atoms with E-state index < -0.39 is 0 Å². The Morgan fingerprint density at radius 3 is 1.90 bits per heavy atom. The number of amides is 1. The number of anilines is 1. The molecule has 1 amide bonds. The number of hydrogen-bond donors (Lipinski definition) is 0. The van der Waals surface area contributed by atoms with Gasteiger partial charge in [-0.25, -0.2) is 0 Å². The molecule has 3 heteroatoms. The summed E-state index contributed by atoms with van der Waals surface area (Å²) in [7, 11) is 1.73. The molecule has 1 rings (SSSR count). The van der Waals surface area contributed by atoms with Crippen molar-refractivity contribution in [2.24, 2.45) is 11.8 Å². The average Bonchev–Trinajstić information content (AvgIpc) is 2.56. The van der Waals surface area contributed by atoms with Crippen molar-refractivity contribution in [3.05, 3.63) is 30.3 Å². The molecule has 0 aliphatic rings. The predicted octanol–water partition coefficient (Wildman–Crippen LogP) is 4.17. The summed E-state index contributed by atoms with van der Waals surface area (Å²) in [6.45, 7) is 11.5. The highest BCUT2D eigenvalue weighted by Crippen LogP contribution is 2.17. The van der Waals surface area contributed by atoms with Crippen molar-refractivity contribution in [2.45, 2.75) is 41.5 Å². The number of rotatable bonds is 4. The van der Waals surface area contributed by atoms with E-state index in [0.29, 0.717) is 0 Å². The second-order valence-corrected chi connectivity index (χ2v) is 4.02. The molecule has 0 N–H and O–H groups in total. The smallest absolute Gasteiger partial charge is 0.230 e. The van der Waals surface area contributed by atoms with Crippen molar-refractivity contribution in [3.63, 3.8) is 0 Å². The van der Waals surface area contributed by atoms with E-state index in [0.717, 1.165) is 12.0 Å². The van der Waals surface area contributed by atoms with Crippen molar-refractivity contribution in [1.29, 1.82) is 0 Å². The number of carbonyl (C=O) groups excluding carboxylic acids is 2. The highest BCUT2D eigenvalue weighted by atomic mass is 16.2. The van der Waals surface area contributed by atoms with Crippen LogP contribution in [0.1, 0.15) is 41.5 Å². The summed E-state index contributed by atoms with van der Waals surface area (Å²) in [6.07, 6.45) is 0.821. The van der Waals surface area contributed by atoms with Crippen LogP contribution >= 0.6 is 0 Å². The molecule has 0 bridgehead atoms. The lowest BCUT2D eigenvalue weighted by atomic mass is 9.96. The van der Waals surface area contributed by atoms with E-state index >= 15 is 0 Å². The monoisotopic (exact) mass is 279 g/mol. The lowest BCUT2D eigenvalue weighted by Gasteiger charge is -2.22. The van der Waals surface area contributed by atoms with Crippen molar-refractivity contribution >= 4 is 17.9 Å². The molecule has 0 aromatic heterocycles. The standard InChI is InChI=1S/C13H17NO2.2C2H6/c1-10(9-15)11(2)13(16)14(3)12-7-5-4-6-8-12;2*1-2/h4-11H,1-3H3;2*1-2H3. The summed E-state index contributed by atoms with van der Waals surface area (Å²) < 4.78 is 0. The minimum absolute atomic E-state index is 0.0363. The summed E-state index contributed by atoms with van der Waals surface area (Å²) >= 11 is 0. The lowest BCUT2D eigenvalue weighted by molar-refractivity contribution is -0.126. The van der Waals surface area contributed by atoms with E-state index in [1.807, 2.05) is 58.0 Å². The molecule has 114 valence electrons. The van der Waals surface area contributed by atoms with Crippen LogP contribution in [0.5, 0.6) is 0 Å². The largest absolute Gasteiger partial charge is 0.315 e. The fourth-order valence-electron chi connectivity index (χ4n) is 1.43. The van der Waals surface area contributed by atoms with Gasteiger partial charge in [-0.05, 0) is 12.1 Å². The molecular weight excluding hydrogens is 250 g/mol. The first-order valence-corrected chi connectivity index (χ1v) is 7.35. The maximum absolute atomic E-state index is 12.0. The number of nitrogens with zero attached hydrogens (tertiary/aromatic N) is 1. The molecule has 0 fully saturated rings. The van der Waals surface area contributed by atoms with Gasteiger partial charge in [-0.15, -0.1) is 0 Å². The van der Waals surface area contributed by atoms with Gasteiger partial charge in [0.1, 0.15) is 6.29 Å². The first kappa shape index (κ1) is 20.7. The van der Waals surface area contributed by atoms with Crippen LogP contribution in [-0.2, 0) is 9.59 Å². The lowest BCUT2D eigenvalue weighted by Crippen LogP contribution is -2.34. The highest BCUT2D eigenvalue weighted by Gasteiger charge is 2.23. The molecule has 0 radical (unpaired) electrons. The fraction of sp³-hybridized carbons (Fsp3) is 0.529. The Bertz CT molecular complexity index is 363. The van der Waals surface area contributed by atoms with Crippen LogP contribution in [0.15, 0.2) is 30.3 Å². The molecule has 0 aliphatic carbocycles. The zero-order valence-electron chi connectivity index (χ0n) is 13.9. The highest BCUT2D eigenvalue weighted by molar-refractivity contribution is 5.95. The summed E-state index contributed by atoms with van der Waals surface area (Å²) in [5, 5.41) is 0. The number of benzene rings is 1. The molecule has 0 saturated carbocycles. The van der Waals surface area contributed by atoms with Gasteiger partial charge in [-0.3, -0.25) is 4.79 Å². The Labute approximate surface area is 124 Å². The summed E-state index contributed by atoms with van der Waals surface area (Å²) in [5.41, 5.74) is 0.845. The van der Waals surface area contributed by atoms with Crippen LogP contribution in [0.4, 0.5) is 5.69 Å². The molecule has 0 aliphatic heterocycles. The first-order chi connectivity index (χ1) is 9.57. The van der Waals surface area contributed by atoms with Gasteiger partial charge >= 0.3 is 0 Å². The Morgan fingerprint density at radius 1 is 1.05 bits per heavy atom. The molecule has 0 spiro atoms. The molecule has 20 heavy (non-hydrogen) atoms. The van der Waals surface area contributed by atoms with Crippen LogP contribution in [0.25, 0.3) is 0 Å². The van der Waals surface area contributed by atoms with Crippen molar-refractivity contribution < 1.29 is 9.59 Å². The maximum atomic E-state index is 12.0. The molecule has 0 saturated heterocycles. The quantitative estimate of drug-likeness (QED) is 0.776. The zero-order valence-corrected chi connectivity index (χ0v) is 13.9. The average molecular weight is 279 g/mol. The van der Waals surface area contributed by atoms with Crippen LogP contribution in [0, 0.1) is 11.8 Å². The van der Waals surface area contributed by atoms with Gasteiger partial charge in [-0.2, -0.15) is 0 Å². The van der Waals surface area contributed by atoms with Crippen molar-refractivity contribution in [1.82, 2.24) is 0 Å². The van der Waals surface area contributed by atoms with E-state index in [1.165, 1.54) is 0 Å². The van der Waals surface area contributed by atoms with Crippen molar-refractivity contribution in [3.8, 4) is 0 Å². The molecular formula is C17H29NO2. The third kappa shape index (κ3) is 6.50. The van der Waals surface area contributed by atoms with Crippen LogP contribution in [0.2, 0.25) is 0 Å². The zero-order chi connectivity index (χ0) is 16.1. The minimum Gasteiger partial charge on any atom is -0.315 e. The van der Waals surface area contributed by atoms with E-state index in [2.05, 4.69) is 0 Å². The van der Waals surface area contributed by atoms with Gasteiger partial charge in [0.2, 0.25) is 5.91 Å². The normalized spacial score (nSPS) is 11.8. The second-order valence-electron chi connectivity index (χ2n) is 4.02. The fourth-order valence-corrected chi connectivity index (χ4v) is 1.43. The van der Waals surface area contributed by atoms with Crippen molar-refractivity contribution in [2.75, 3.05) is 11.9 Å². The van der Waals surface area contributed by atoms with E-state index in [-0.39, 0.29) is 17.7 Å². The Morgan fingerprint density at radius 2 is 1.50 bits per heavy atom. The second kappa shape index (κ2) is 12.4. The molecule has 3 nitrogen and oxygen atoms in total. The minimum atomic E-state index is -0.289. The van der Waals surface area contributed by atoms with Gasteiger partial charge in [0, 0.05) is 24.6 Å². The van der Waals surface area contributed by atoms with E-state index in [1.54, 1.807) is 25.8 Å². The molecule has 2 unspecified atom stereocenters. The predicted molar refractivity (Wildman–Crippen MR) is 86.9 cm³/mol. The summed E-state index contributed by atoms with van der Waals surface area (Å²) in [4.78, 5) is 24.2. The van der Waals surface area contributed by atoms with Gasteiger partial charge in [-0.1, -0.05) is 59.7 Å². The topological polar surface area (TPSA) is 37.4 Å². The summed E-state index contributed by atoms with van der Waals surface area (Å²) in [6, 6.07) is 9.41. The van der Waals surface area contributed by atoms with Gasteiger partial charge in [0.05, 0.1) is 0 Å². The number of carbonyl (C=O) groups is 2. The first-order valence-electron chi connectivity index (χ1n) is 7.35. The molecule has 1 aromatic carbocycles. The van der Waals surface area contributed by atoms with Crippen LogP contribution < -0.4 is 4.90 Å².